The Morgan fingerprint density at radius 2 is 1.54 bits per heavy atom. The van der Waals surface area contributed by atoms with Crippen LogP contribution in [-0.4, -0.2) is 43.4 Å². The highest BCUT2D eigenvalue weighted by Crippen LogP contribution is 2.35. The van der Waals surface area contributed by atoms with Crippen LogP contribution in [0.1, 0.15) is 30.0 Å². The van der Waals surface area contributed by atoms with Crippen LogP contribution in [0.5, 0.6) is 11.5 Å². The van der Waals surface area contributed by atoms with Gasteiger partial charge >= 0.3 is 6.09 Å². The van der Waals surface area contributed by atoms with Crippen molar-refractivity contribution < 1.29 is 19.4 Å². The molecule has 1 aliphatic heterocycles. The van der Waals surface area contributed by atoms with Crippen molar-refractivity contribution in [3.05, 3.63) is 102 Å². The molecule has 1 amide bonds. The standard InChI is InChI=1S/C21H24N2O3.C8H10O/c1-16(22-14-6-9-20(22)17-7-4-3-5-8-17)15-23(21(24)25)18-10-12-19(26-2)13-11-18;1-7-3-5-8(9-2)6-4-7/h3-5,7-8,10-13,20H,1,6,9,14-15H2,2H3,(H,24,25);3-6H,1-2H3. The molecule has 1 fully saturated rings. The van der Waals surface area contributed by atoms with Crippen molar-refractivity contribution in [2.24, 2.45) is 0 Å². The van der Waals surface area contributed by atoms with Gasteiger partial charge < -0.3 is 19.5 Å². The largest absolute Gasteiger partial charge is 0.497 e. The molecule has 3 aromatic rings. The van der Waals surface area contributed by atoms with Crippen molar-refractivity contribution in [2.45, 2.75) is 25.8 Å². The summed E-state index contributed by atoms with van der Waals surface area (Å²) in [6.07, 6.45) is 1.14. The number of aryl methyl sites for hydroxylation is 1. The highest BCUT2D eigenvalue weighted by atomic mass is 16.5. The molecular weight excluding hydrogens is 440 g/mol. The maximum Gasteiger partial charge on any atom is 0.412 e. The number of amides is 1. The number of hydrogen-bond donors (Lipinski definition) is 1. The fourth-order valence-electron chi connectivity index (χ4n) is 4.15. The molecule has 0 radical (unpaired) electrons. The van der Waals surface area contributed by atoms with Gasteiger partial charge in [-0.15, -0.1) is 0 Å². The van der Waals surface area contributed by atoms with Crippen molar-refractivity contribution in [1.29, 1.82) is 0 Å². The summed E-state index contributed by atoms with van der Waals surface area (Å²) in [5.41, 5.74) is 3.93. The van der Waals surface area contributed by atoms with E-state index in [1.165, 1.54) is 16.0 Å². The van der Waals surface area contributed by atoms with Crippen LogP contribution in [0, 0.1) is 6.92 Å². The highest BCUT2D eigenvalue weighted by Gasteiger charge is 2.28. The summed E-state index contributed by atoms with van der Waals surface area (Å²) in [6.45, 7) is 7.38. The highest BCUT2D eigenvalue weighted by molar-refractivity contribution is 5.86. The molecule has 0 aliphatic carbocycles. The molecule has 0 saturated carbocycles. The summed E-state index contributed by atoms with van der Waals surface area (Å²) in [4.78, 5) is 15.3. The lowest BCUT2D eigenvalue weighted by Gasteiger charge is -2.31. The van der Waals surface area contributed by atoms with Gasteiger partial charge in [-0.3, -0.25) is 4.90 Å². The molecule has 4 rings (SSSR count). The molecule has 6 nitrogen and oxygen atoms in total. The molecule has 3 aromatic carbocycles. The number of benzene rings is 3. The molecule has 6 heteroatoms. The van der Waals surface area contributed by atoms with Crippen LogP contribution in [0.15, 0.2) is 91.1 Å². The Hall–Kier alpha value is -3.93. The Morgan fingerprint density at radius 1 is 0.971 bits per heavy atom. The molecule has 0 bridgehead atoms. The predicted octanol–water partition coefficient (Wildman–Crippen LogP) is 6.53. The van der Waals surface area contributed by atoms with E-state index in [2.05, 4.69) is 30.5 Å². The van der Waals surface area contributed by atoms with E-state index in [-0.39, 0.29) is 12.6 Å². The third kappa shape index (κ3) is 7.03. The van der Waals surface area contributed by atoms with Gasteiger partial charge in [-0.1, -0.05) is 54.6 Å². The van der Waals surface area contributed by atoms with Gasteiger partial charge in [-0.2, -0.15) is 0 Å². The summed E-state index contributed by atoms with van der Waals surface area (Å²) in [7, 11) is 3.26. The van der Waals surface area contributed by atoms with E-state index >= 15 is 0 Å². The van der Waals surface area contributed by atoms with Gasteiger partial charge in [-0.25, -0.2) is 4.79 Å². The molecular formula is C29H34N2O4. The van der Waals surface area contributed by atoms with Crippen molar-refractivity contribution in [2.75, 3.05) is 32.2 Å². The van der Waals surface area contributed by atoms with E-state index in [0.717, 1.165) is 30.8 Å². The Morgan fingerprint density at radius 3 is 2.09 bits per heavy atom. The minimum Gasteiger partial charge on any atom is -0.497 e. The first-order valence-corrected chi connectivity index (χ1v) is 11.7. The second-order valence-electron chi connectivity index (χ2n) is 8.41. The lowest BCUT2D eigenvalue weighted by atomic mass is 10.0. The average molecular weight is 475 g/mol. The smallest absolute Gasteiger partial charge is 0.412 e. The van der Waals surface area contributed by atoms with Crippen LogP contribution < -0.4 is 14.4 Å². The molecule has 1 unspecified atom stereocenters. The van der Waals surface area contributed by atoms with Gasteiger partial charge in [0.25, 0.3) is 0 Å². The molecule has 1 N–H and O–H groups in total. The summed E-state index contributed by atoms with van der Waals surface area (Å²) < 4.78 is 10.1. The first-order chi connectivity index (χ1) is 16.9. The van der Waals surface area contributed by atoms with Gasteiger partial charge in [0.2, 0.25) is 0 Å². The van der Waals surface area contributed by atoms with Gasteiger partial charge in [0, 0.05) is 17.9 Å². The molecule has 0 aromatic heterocycles. The fourth-order valence-corrected chi connectivity index (χ4v) is 4.15. The van der Waals surface area contributed by atoms with Crippen LogP contribution in [-0.2, 0) is 0 Å². The summed E-state index contributed by atoms with van der Waals surface area (Å²) in [5, 5.41) is 9.66. The van der Waals surface area contributed by atoms with Crippen LogP contribution >= 0.6 is 0 Å². The minimum absolute atomic E-state index is 0.241. The Balaban J connectivity index is 0.000000320. The van der Waals surface area contributed by atoms with Crippen LogP contribution in [0.25, 0.3) is 0 Å². The summed E-state index contributed by atoms with van der Waals surface area (Å²) >= 11 is 0. The van der Waals surface area contributed by atoms with Gasteiger partial charge in [0.05, 0.1) is 26.8 Å². The van der Waals surface area contributed by atoms with E-state index < -0.39 is 6.09 Å². The monoisotopic (exact) mass is 474 g/mol. The normalized spacial score (nSPS) is 14.5. The number of nitrogens with zero attached hydrogens (tertiary/aromatic N) is 2. The van der Waals surface area contributed by atoms with E-state index in [0.29, 0.717) is 11.4 Å². The van der Waals surface area contributed by atoms with Crippen LogP contribution in [0.3, 0.4) is 0 Å². The zero-order valence-electron chi connectivity index (χ0n) is 20.7. The second kappa shape index (κ2) is 12.5. The third-order valence-electron chi connectivity index (χ3n) is 6.06. The first-order valence-electron chi connectivity index (χ1n) is 11.7. The molecule has 184 valence electrons. The molecule has 1 aliphatic rings. The molecule has 1 heterocycles. The van der Waals surface area contributed by atoms with Crippen molar-refractivity contribution in [3.63, 3.8) is 0 Å². The Kier molecular flexibility index (Phi) is 9.18. The van der Waals surface area contributed by atoms with Gasteiger partial charge in [-0.05, 0) is 61.7 Å². The number of ether oxygens (including phenoxy) is 2. The van der Waals surface area contributed by atoms with E-state index in [4.69, 9.17) is 9.47 Å². The quantitative estimate of drug-likeness (QED) is 0.422. The lowest BCUT2D eigenvalue weighted by Crippen LogP contribution is -2.36. The van der Waals surface area contributed by atoms with E-state index in [1.807, 2.05) is 42.5 Å². The fraction of sp³-hybridized carbons (Fsp3) is 0.276. The summed E-state index contributed by atoms with van der Waals surface area (Å²) in [6, 6.07) is 25.6. The van der Waals surface area contributed by atoms with Crippen molar-refractivity contribution in [1.82, 2.24) is 4.90 Å². The topological polar surface area (TPSA) is 62.2 Å². The van der Waals surface area contributed by atoms with Crippen molar-refractivity contribution >= 4 is 11.8 Å². The first kappa shape index (κ1) is 25.7. The number of methoxy groups -OCH3 is 2. The number of anilines is 1. The zero-order chi connectivity index (χ0) is 25.2. The third-order valence-corrected chi connectivity index (χ3v) is 6.06. The maximum atomic E-state index is 11.8. The van der Waals surface area contributed by atoms with Crippen molar-refractivity contribution in [3.8, 4) is 11.5 Å². The molecule has 0 spiro atoms. The second-order valence-corrected chi connectivity index (χ2v) is 8.41. The maximum absolute atomic E-state index is 11.8. The molecule has 1 saturated heterocycles. The van der Waals surface area contributed by atoms with E-state index in [9.17, 15) is 9.90 Å². The number of carboxylic acid groups (broad SMARTS) is 1. The number of rotatable bonds is 7. The van der Waals surface area contributed by atoms with Gasteiger partial charge in [0.1, 0.15) is 11.5 Å². The Bertz CT molecular complexity index is 1080. The van der Waals surface area contributed by atoms with E-state index in [1.54, 1.807) is 38.5 Å². The molecule has 1 atom stereocenters. The number of hydrogen-bond acceptors (Lipinski definition) is 4. The number of carbonyl (C=O) groups is 1. The Labute approximate surface area is 208 Å². The minimum atomic E-state index is -0.994. The molecule has 35 heavy (non-hydrogen) atoms. The van der Waals surface area contributed by atoms with Gasteiger partial charge in [0.15, 0.2) is 0 Å². The number of likely N-dealkylation sites (tertiary alicyclic amines) is 1. The predicted molar refractivity (Wildman–Crippen MR) is 140 cm³/mol. The SMILES string of the molecule is C=C(CN(C(=O)O)c1ccc(OC)cc1)N1CCCC1c1ccccc1.COc1ccc(C)cc1. The lowest BCUT2D eigenvalue weighted by molar-refractivity contribution is 0.201. The van der Waals surface area contributed by atoms with Crippen LogP contribution in [0.2, 0.25) is 0 Å². The van der Waals surface area contributed by atoms with Crippen LogP contribution in [0.4, 0.5) is 10.5 Å². The zero-order valence-corrected chi connectivity index (χ0v) is 20.7. The average Bonchev–Trinajstić information content (AvgIpc) is 3.39. The summed E-state index contributed by atoms with van der Waals surface area (Å²) in [5.74, 6) is 1.61.